The number of esters is 1. The molecule has 1 atom stereocenters. The van der Waals surface area contributed by atoms with Gasteiger partial charge in [0.1, 0.15) is 17.5 Å². The van der Waals surface area contributed by atoms with Gasteiger partial charge < -0.3 is 10.1 Å². The van der Waals surface area contributed by atoms with Gasteiger partial charge in [-0.1, -0.05) is 6.07 Å². The highest BCUT2D eigenvalue weighted by molar-refractivity contribution is 7.80. The normalized spacial score (nSPS) is 16.8. The lowest BCUT2D eigenvalue weighted by atomic mass is 9.94. The Balaban J connectivity index is 2.18. The van der Waals surface area contributed by atoms with Gasteiger partial charge in [-0.2, -0.15) is 0 Å². The first-order chi connectivity index (χ1) is 13.3. The molecule has 28 heavy (non-hydrogen) atoms. The highest BCUT2D eigenvalue weighted by atomic mass is 32.1. The smallest absolute Gasteiger partial charge is 0.338 e. The number of carbonyl (C=O) groups is 1. The van der Waals surface area contributed by atoms with Gasteiger partial charge in [-0.15, -0.1) is 0 Å². The molecule has 0 radical (unpaired) electrons. The number of allylic oxidation sites excluding steroid dienone is 1. The summed E-state index contributed by atoms with van der Waals surface area (Å²) in [6.07, 6.45) is 0. The van der Waals surface area contributed by atoms with E-state index < -0.39 is 29.5 Å². The maximum atomic E-state index is 14.4. The van der Waals surface area contributed by atoms with E-state index in [0.29, 0.717) is 11.4 Å². The van der Waals surface area contributed by atoms with Gasteiger partial charge in [0.15, 0.2) is 5.11 Å². The number of nitrogens with zero attached hydrogens (tertiary/aromatic N) is 1. The first-order valence-corrected chi connectivity index (χ1v) is 8.94. The van der Waals surface area contributed by atoms with Crippen LogP contribution in [0.2, 0.25) is 0 Å². The SMILES string of the molecule is CCOC(=O)C1=C(C)N(c2ccc(F)cc2)C(=S)N[C@H]1c1c(F)cccc1F. The van der Waals surface area contributed by atoms with E-state index in [2.05, 4.69) is 5.32 Å². The number of hydrogen-bond acceptors (Lipinski definition) is 3. The molecular formula is C20H17F3N2O2S. The maximum Gasteiger partial charge on any atom is 0.338 e. The highest BCUT2D eigenvalue weighted by Crippen LogP contribution is 2.36. The van der Waals surface area contributed by atoms with Crippen molar-refractivity contribution in [2.75, 3.05) is 11.5 Å². The number of thiocarbonyl (C=S) groups is 1. The Morgan fingerprint density at radius 3 is 2.32 bits per heavy atom. The number of benzene rings is 2. The van der Waals surface area contributed by atoms with Crippen LogP contribution in [0.4, 0.5) is 18.9 Å². The third-order valence-corrected chi connectivity index (χ3v) is 4.65. The van der Waals surface area contributed by atoms with Crippen molar-refractivity contribution in [2.24, 2.45) is 0 Å². The molecule has 0 saturated carbocycles. The van der Waals surface area contributed by atoms with Gasteiger partial charge in [0.2, 0.25) is 0 Å². The number of ether oxygens (including phenoxy) is 1. The molecule has 0 aromatic heterocycles. The van der Waals surface area contributed by atoms with Crippen molar-refractivity contribution >= 4 is 29.0 Å². The minimum absolute atomic E-state index is 0.0174. The number of rotatable bonds is 4. The third kappa shape index (κ3) is 3.60. The van der Waals surface area contributed by atoms with E-state index in [1.54, 1.807) is 13.8 Å². The van der Waals surface area contributed by atoms with Crippen molar-refractivity contribution in [3.63, 3.8) is 0 Å². The van der Waals surface area contributed by atoms with Crippen LogP contribution in [0, 0.1) is 17.5 Å². The molecule has 0 aliphatic carbocycles. The van der Waals surface area contributed by atoms with E-state index >= 15 is 0 Å². The van der Waals surface area contributed by atoms with E-state index in [4.69, 9.17) is 17.0 Å². The number of halogens is 3. The van der Waals surface area contributed by atoms with Crippen LogP contribution in [-0.2, 0) is 9.53 Å². The largest absolute Gasteiger partial charge is 0.463 e. The van der Waals surface area contributed by atoms with Gasteiger partial charge in [-0.3, -0.25) is 4.90 Å². The van der Waals surface area contributed by atoms with E-state index in [0.717, 1.165) is 12.1 Å². The van der Waals surface area contributed by atoms with Crippen LogP contribution < -0.4 is 10.2 Å². The number of nitrogens with one attached hydrogen (secondary N) is 1. The molecule has 1 aliphatic rings. The maximum absolute atomic E-state index is 14.4. The van der Waals surface area contributed by atoms with E-state index in [-0.39, 0.29) is 22.9 Å². The summed E-state index contributed by atoms with van der Waals surface area (Å²) in [5, 5.41) is 2.94. The van der Waals surface area contributed by atoms with Crippen molar-refractivity contribution in [2.45, 2.75) is 19.9 Å². The third-order valence-electron chi connectivity index (χ3n) is 4.35. The van der Waals surface area contributed by atoms with Crippen LogP contribution in [-0.4, -0.2) is 17.7 Å². The Morgan fingerprint density at radius 2 is 1.75 bits per heavy atom. The van der Waals surface area contributed by atoms with Crippen LogP contribution in [0.1, 0.15) is 25.5 Å². The summed E-state index contributed by atoms with van der Waals surface area (Å²) in [4.78, 5) is 14.2. The Bertz CT molecular complexity index is 940. The predicted octanol–water partition coefficient (Wildman–Crippen LogP) is 4.38. The Kier molecular flexibility index (Phi) is 5.69. The van der Waals surface area contributed by atoms with E-state index in [1.807, 2.05) is 0 Å². The molecule has 1 heterocycles. The fourth-order valence-corrected chi connectivity index (χ4v) is 3.48. The zero-order chi connectivity index (χ0) is 20.4. The monoisotopic (exact) mass is 406 g/mol. The average molecular weight is 406 g/mol. The molecule has 0 saturated heterocycles. The van der Waals surface area contributed by atoms with Crippen molar-refractivity contribution in [1.29, 1.82) is 0 Å². The van der Waals surface area contributed by atoms with E-state index in [1.165, 1.54) is 35.2 Å². The number of anilines is 1. The summed E-state index contributed by atoms with van der Waals surface area (Å²) in [5.41, 5.74) is 0.516. The van der Waals surface area contributed by atoms with Gasteiger partial charge in [-0.05, 0) is 62.5 Å². The lowest BCUT2D eigenvalue weighted by Crippen LogP contribution is -2.48. The zero-order valence-electron chi connectivity index (χ0n) is 15.1. The molecule has 1 aliphatic heterocycles. The fraction of sp³-hybridized carbons (Fsp3) is 0.200. The predicted molar refractivity (Wildman–Crippen MR) is 103 cm³/mol. The molecule has 2 aromatic rings. The molecule has 1 N–H and O–H groups in total. The van der Waals surface area contributed by atoms with Crippen LogP contribution in [0.25, 0.3) is 0 Å². The Labute approximate surface area is 165 Å². The molecule has 0 bridgehead atoms. The molecule has 2 aromatic carbocycles. The lowest BCUT2D eigenvalue weighted by molar-refractivity contribution is -0.139. The van der Waals surface area contributed by atoms with E-state index in [9.17, 15) is 18.0 Å². The van der Waals surface area contributed by atoms with Crippen LogP contribution >= 0.6 is 12.2 Å². The summed E-state index contributed by atoms with van der Waals surface area (Å²) in [6, 6.07) is 7.75. The second kappa shape index (κ2) is 8.02. The molecule has 0 fully saturated rings. The summed E-state index contributed by atoms with van der Waals surface area (Å²) >= 11 is 5.38. The first-order valence-electron chi connectivity index (χ1n) is 8.53. The molecular weight excluding hydrogens is 389 g/mol. The molecule has 146 valence electrons. The highest BCUT2D eigenvalue weighted by Gasteiger charge is 2.38. The van der Waals surface area contributed by atoms with Gasteiger partial charge in [-0.25, -0.2) is 18.0 Å². The van der Waals surface area contributed by atoms with Gasteiger partial charge in [0.25, 0.3) is 0 Å². The lowest BCUT2D eigenvalue weighted by Gasteiger charge is -2.37. The van der Waals surface area contributed by atoms with Gasteiger partial charge in [0, 0.05) is 11.4 Å². The van der Waals surface area contributed by atoms with Crippen molar-refractivity contribution in [3.8, 4) is 0 Å². The zero-order valence-corrected chi connectivity index (χ0v) is 15.9. The summed E-state index contributed by atoms with van der Waals surface area (Å²) in [7, 11) is 0. The minimum atomic E-state index is -1.16. The minimum Gasteiger partial charge on any atom is -0.463 e. The molecule has 4 nitrogen and oxygen atoms in total. The van der Waals surface area contributed by atoms with Gasteiger partial charge in [0.05, 0.1) is 23.8 Å². The number of carbonyl (C=O) groups excluding carboxylic acids is 1. The van der Waals surface area contributed by atoms with Crippen LogP contribution in [0.5, 0.6) is 0 Å². The van der Waals surface area contributed by atoms with Crippen LogP contribution in [0.3, 0.4) is 0 Å². The molecule has 3 rings (SSSR count). The molecule has 0 unspecified atom stereocenters. The number of hydrogen-bond donors (Lipinski definition) is 1. The summed E-state index contributed by atoms with van der Waals surface area (Å²) in [6.45, 7) is 3.31. The standard InChI is InChI=1S/C20H17F3N2O2S/c1-3-27-19(26)16-11(2)25(13-9-7-12(21)8-10-13)20(28)24-18(16)17-14(22)5-4-6-15(17)23/h4-10,18H,3H2,1-2H3,(H,24,28)/t18-/m1/s1. The topological polar surface area (TPSA) is 41.6 Å². The van der Waals surface area contributed by atoms with Crippen molar-refractivity contribution in [3.05, 3.63) is 76.7 Å². The van der Waals surface area contributed by atoms with Crippen molar-refractivity contribution in [1.82, 2.24) is 5.32 Å². The summed E-state index contributed by atoms with van der Waals surface area (Å²) < 4.78 is 47.2. The molecule has 0 amide bonds. The molecule has 8 heteroatoms. The molecule has 0 spiro atoms. The quantitative estimate of drug-likeness (QED) is 0.603. The van der Waals surface area contributed by atoms with Crippen molar-refractivity contribution < 1.29 is 22.7 Å². The second-order valence-electron chi connectivity index (χ2n) is 6.05. The first kappa shape index (κ1) is 19.9. The Morgan fingerprint density at radius 1 is 1.14 bits per heavy atom. The second-order valence-corrected chi connectivity index (χ2v) is 6.44. The summed E-state index contributed by atoms with van der Waals surface area (Å²) in [5.74, 6) is -2.79. The fourth-order valence-electron chi connectivity index (χ4n) is 3.12. The van der Waals surface area contributed by atoms with Crippen LogP contribution in [0.15, 0.2) is 53.7 Å². The Hall–Kier alpha value is -2.87. The van der Waals surface area contributed by atoms with Gasteiger partial charge >= 0.3 is 5.97 Å². The average Bonchev–Trinajstić information content (AvgIpc) is 2.63.